The number of halogens is 4. The summed E-state index contributed by atoms with van der Waals surface area (Å²) in [4.78, 5) is 28.0. The number of carbonyl (C=O) groups excluding carboxylic acids is 1. The molecule has 0 saturated heterocycles. The molecule has 0 spiro atoms. The van der Waals surface area contributed by atoms with Crippen LogP contribution in [0.25, 0.3) is 0 Å². The van der Waals surface area contributed by atoms with Gasteiger partial charge in [-0.2, -0.15) is 17.6 Å². The number of aromatic nitrogens is 2. The Labute approximate surface area is 216 Å². The highest BCUT2D eigenvalue weighted by Crippen LogP contribution is 2.49. The molecule has 7 nitrogen and oxygen atoms in total. The molecule has 0 aliphatic heterocycles. The van der Waals surface area contributed by atoms with Crippen molar-refractivity contribution in [3.8, 4) is 5.75 Å². The van der Waals surface area contributed by atoms with Gasteiger partial charge in [0.15, 0.2) is 0 Å². The van der Waals surface area contributed by atoms with Gasteiger partial charge in [0.05, 0.1) is 23.8 Å². The standard InChI is InChI=1S/C27H27F4N3O4/c1-3-15(2)34-17(9-11-38-18-8-10-32-24(28)13-18)5-7-23(34)25(35)33-22-12-16(19-14-20(19)26(36)37)4-6-21(22)27(29,30)31/h4-8,10,12-13,15,19-20H,3,9,11,14H2,1-2H3,(H,33,35)(H,36,37)/t15?,19-,20-/m1/s1. The first-order chi connectivity index (χ1) is 18.0. The van der Waals surface area contributed by atoms with E-state index in [2.05, 4.69) is 10.3 Å². The smallest absolute Gasteiger partial charge is 0.418 e. The van der Waals surface area contributed by atoms with Crippen LogP contribution in [0.5, 0.6) is 5.75 Å². The number of anilines is 1. The van der Waals surface area contributed by atoms with E-state index < -0.39 is 47.1 Å². The Morgan fingerprint density at radius 1 is 1.21 bits per heavy atom. The van der Waals surface area contributed by atoms with E-state index in [0.29, 0.717) is 30.6 Å². The van der Waals surface area contributed by atoms with Crippen LogP contribution in [0.2, 0.25) is 0 Å². The number of carboxylic acid groups (broad SMARTS) is 1. The summed E-state index contributed by atoms with van der Waals surface area (Å²) in [6.45, 7) is 3.99. The Bertz CT molecular complexity index is 1340. The summed E-state index contributed by atoms with van der Waals surface area (Å²) in [5, 5.41) is 11.6. The second-order valence-corrected chi connectivity index (χ2v) is 9.29. The maximum Gasteiger partial charge on any atom is 0.418 e. The number of nitrogens with one attached hydrogen (secondary N) is 1. The summed E-state index contributed by atoms with van der Waals surface area (Å²) in [5.74, 6) is -3.13. The first-order valence-electron chi connectivity index (χ1n) is 12.2. The van der Waals surface area contributed by atoms with E-state index in [1.807, 2.05) is 13.8 Å². The van der Waals surface area contributed by atoms with Crippen molar-refractivity contribution in [3.05, 3.63) is 77.1 Å². The molecule has 3 atom stereocenters. The SMILES string of the molecule is CCC(C)n1c(CCOc2ccnc(F)c2)ccc1C(=O)Nc1cc([C@H]2C[C@H]2C(=O)O)ccc1C(F)(F)F. The van der Waals surface area contributed by atoms with Gasteiger partial charge in [-0.05, 0) is 61.6 Å². The van der Waals surface area contributed by atoms with Gasteiger partial charge < -0.3 is 19.7 Å². The highest BCUT2D eigenvalue weighted by molar-refractivity contribution is 6.04. The lowest BCUT2D eigenvalue weighted by atomic mass is 10.0. The van der Waals surface area contributed by atoms with Crippen molar-refractivity contribution in [2.45, 2.75) is 51.2 Å². The normalized spacial score (nSPS) is 17.6. The molecule has 2 aromatic heterocycles. The number of hydrogen-bond donors (Lipinski definition) is 2. The van der Waals surface area contributed by atoms with Gasteiger partial charge in [-0.25, -0.2) is 4.98 Å². The second kappa shape index (κ2) is 10.8. The van der Waals surface area contributed by atoms with Gasteiger partial charge in [-0.3, -0.25) is 9.59 Å². The molecule has 1 aliphatic rings. The van der Waals surface area contributed by atoms with E-state index in [9.17, 15) is 32.3 Å². The Hall–Kier alpha value is -3.89. The third-order valence-electron chi connectivity index (χ3n) is 6.72. The minimum atomic E-state index is -4.72. The molecule has 202 valence electrons. The Balaban J connectivity index is 1.57. The molecule has 0 radical (unpaired) electrons. The topological polar surface area (TPSA) is 93.5 Å². The summed E-state index contributed by atoms with van der Waals surface area (Å²) in [7, 11) is 0. The van der Waals surface area contributed by atoms with Crippen molar-refractivity contribution in [1.82, 2.24) is 9.55 Å². The Kier molecular flexibility index (Phi) is 7.75. The van der Waals surface area contributed by atoms with Crippen molar-refractivity contribution < 1.29 is 37.0 Å². The van der Waals surface area contributed by atoms with Crippen LogP contribution in [0, 0.1) is 11.9 Å². The maximum absolute atomic E-state index is 13.7. The Morgan fingerprint density at radius 3 is 2.61 bits per heavy atom. The van der Waals surface area contributed by atoms with Gasteiger partial charge in [0.2, 0.25) is 5.95 Å². The quantitative estimate of drug-likeness (QED) is 0.244. The fourth-order valence-electron chi connectivity index (χ4n) is 4.50. The zero-order valence-electron chi connectivity index (χ0n) is 20.8. The van der Waals surface area contributed by atoms with Crippen molar-refractivity contribution >= 4 is 17.6 Å². The Morgan fingerprint density at radius 2 is 1.97 bits per heavy atom. The van der Waals surface area contributed by atoms with E-state index >= 15 is 0 Å². The van der Waals surface area contributed by atoms with Crippen LogP contribution in [0.1, 0.15) is 66.0 Å². The average Bonchev–Trinajstić information content (AvgIpc) is 3.56. The van der Waals surface area contributed by atoms with Crippen LogP contribution >= 0.6 is 0 Å². The second-order valence-electron chi connectivity index (χ2n) is 9.29. The number of amides is 1. The minimum absolute atomic E-state index is 0.143. The molecule has 2 heterocycles. The average molecular weight is 534 g/mol. The van der Waals surface area contributed by atoms with E-state index in [1.54, 1.807) is 16.7 Å². The van der Waals surface area contributed by atoms with E-state index in [-0.39, 0.29) is 18.3 Å². The summed E-state index contributed by atoms with van der Waals surface area (Å²) >= 11 is 0. The monoisotopic (exact) mass is 533 g/mol. The third-order valence-corrected chi connectivity index (χ3v) is 6.72. The first-order valence-corrected chi connectivity index (χ1v) is 12.2. The van der Waals surface area contributed by atoms with Gasteiger partial charge in [-0.15, -0.1) is 0 Å². The fourth-order valence-corrected chi connectivity index (χ4v) is 4.50. The number of alkyl halides is 3. The predicted molar refractivity (Wildman–Crippen MR) is 131 cm³/mol. The number of aliphatic carboxylic acids is 1. The van der Waals surface area contributed by atoms with Crippen LogP contribution in [0.4, 0.5) is 23.2 Å². The third kappa shape index (κ3) is 5.98. The minimum Gasteiger partial charge on any atom is -0.493 e. The van der Waals surface area contributed by atoms with E-state index in [0.717, 1.165) is 17.8 Å². The summed E-state index contributed by atoms with van der Waals surface area (Å²) in [6.07, 6.45) is -2.08. The number of benzene rings is 1. The lowest BCUT2D eigenvalue weighted by Gasteiger charge is -2.20. The number of nitrogens with zero attached hydrogens (tertiary/aromatic N) is 2. The number of ether oxygens (including phenoxy) is 1. The van der Waals surface area contributed by atoms with Gasteiger partial charge in [0, 0.05) is 30.4 Å². The molecule has 2 N–H and O–H groups in total. The molecule has 1 aromatic carbocycles. The molecule has 1 amide bonds. The van der Waals surface area contributed by atoms with Gasteiger partial charge in [-0.1, -0.05) is 13.0 Å². The largest absolute Gasteiger partial charge is 0.493 e. The maximum atomic E-state index is 13.7. The van der Waals surface area contributed by atoms with Crippen molar-refractivity contribution in [3.63, 3.8) is 0 Å². The van der Waals surface area contributed by atoms with Crippen LogP contribution in [-0.2, 0) is 17.4 Å². The molecule has 1 aliphatic carbocycles. The van der Waals surface area contributed by atoms with Crippen LogP contribution in [0.15, 0.2) is 48.7 Å². The number of hydrogen-bond acceptors (Lipinski definition) is 4. The van der Waals surface area contributed by atoms with Crippen LogP contribution in [0.3, 0.4) is 0 Å². The number of pyridine rings is 1. The number of carbonyl (C=O) groups is 2. The molecule has 1 fully saturated rings. The van der Waals surface area contributed by atoms with Crippen molar-refractivity contribution in [2.24, 2.45) is 5.92 Å². The van der Waals surface area contributed by atoms with Crippen LogP contribution < -0.4 is 10.1 Å². The highest BCUT2D eigenvalue weighted by Gasteiger charge is 2.45. The van der Waals surface area contributed by atoms with E-state index in [1.165, 1.54) is 24.4 Å². The van der Waals surface area contributed by atoms with Crippen molar-refractivity contribution in [2.75, 3.05) is 11.9 Å². The summed E-state index contributed by atoms with van der Waals surface area (Å²) < 4.78 is 61.8. The summed E-state index contributed by atoms with van der Waals surface area (Å²) in [6, 6.07) is 9.13. The molecule has 4 rings (SSSR count). The van der Waals surface area contributed by atoms with Gasteiger partial charge >= 0.3 is 12.1 Å². The van der Waals surface area contributed by atoms with Gasteiger partial charge in [0.1, 0.15) is 11.4 Å². The molecule has 3 aromatic rings. The zero-order valence-corrected chi connectivity index (χ0v) is 20.8. The van der Waals surface area contributed by atoms with Gasteiger partial charge in [0.25, 0.3) is 5.91 Å². The van der Waals surface area contributed by atoms with E-state index in [4.69, 9.17) is 4.74 Å². The van der Waals surface area contributed by atoms with Crippen molar-refractivity contribution in [1.29, 1.82) is 0 Å². The predicted octanol–water partition coefficient (Wildman–Crippen LogP) is 6.07. The molecule has 38 heavy (non-hydrogen) atoms. The molecular formula is C27H27F4N3O4. The molecule has 1 unspecified atom stereocenters. The molecule has 11 heteroatoms. The molecule has 1 saturated carbocycles. The highest BCUT2D eigenvalue weighted by atomic mass is 19.4. The van der Waals surface area contributed by atoms with Crippen LogP contribution in [-0.4, -0.2) is 33.1 Å². The summed E-state index contributed by atoms with van der Waals surface area (Å²) in [5.41, 5.74) is -0.0910. The lowest BCUT2D eigenvalue weighted by molar-refractivity contribution is -0.139. The first kappa shape index (κ1) is 27.2. The zero-order chi connectivity index (χ0) is 27.6. The lowest BCUT2D eigenvalue weighted by Crippen LogP contribution is -2.22. The number of rotatable bonds is 10. The molecule has 0 bridgehead atoms. The number of carboxylic acids is 1. The molecular weight excluding hydrogens is 506 g/mol. The fraction of sp³-hybridized carbons (Fsp3) is 0.370.